The molecule has 0 aliphatic carbocycles. The van der Waals surface area contributed by atoms with Gasteiger partial charge in [-0.25, -0.2) is 0 Å². The highest BCUT2D eigenvalue weighted by Crippen LogP contribution is 2.19. The molecule has 3 N–H and O–H groups in total. The van der Waals surface area contributed by atoms with Crippen LogP contribution < -0.4 is 11.1 Å². The van der Waals surface area contributed by atoms with E-state index in [1.165, 1.54) is 11.1 Å². The molecule has 0 atom stereocenters. The lowest BCUT2D eigenvalue weighted by molar-refractivity contribution is 1.02. The standard InChI is InChI=1S/C15H17BrN2/c1-11-5-6-15(14(17)9-11)18-8-7-12-3-2-4-13(16)10-12/h2-6,9-10,18H,7-8,17H2,1H3. The SMILES string of the molecule is Cc1ccc(NCCc2cccc(Br)c2)c(N)c1. The Bertz CT molecular complexity index is 538. The van der Waals surface area contributed by atoms with Crippen LogP contribution in [0.5, 0.6) is 0 Å². The highest BCUT2D eigenvalue weighted by atomic mass is 79.9. The van der Waals surface area contributed by atoms with E-state index in [1.807, 2.05) is 25.1 Å². The molecule has 2 rings (SSSR count). The van der Waals surface area contributed by atoms with Gasteiger partial charge in [0, 0.05) is 11.0 Å². The van der Waals surface area contributed by atoms with E-state index in [0.717, 1.165) is 28.8 Å². The predicted octanol–water partition coefficient (Wildman–Crippen LogP) is 3.99. The first-order valence-corrected chi connectivity index (χ1v) is 6.79. The summed E-state index contributed by atoms with van der Waals surface area (Å²) in [5, 5.41) is 3.37. The van der Waals surface area contributed by atoms with E-state index in [1.54, 1.807) is 0 Å². The molecule has 3 heteroatoms. The molecule has 0 unspecified atom stereocenters. The molecule has 0 aliphatic rings. The van der Waals surface area contributed by atoms with Crippen molar-refractivity contribution in [3.05, 3.63) is 58.1 Å². The van der Waals surface area contributed by atoms with E-state index < -0.39 is 0 Å². The highest BCUT2D eigenvalue weighted by Gasteiger charge is 1.99. The summed E-state index contributed by atoms with van der Waals surface area (Å²) in [6.07, 6.45) is 0.979. The molecule has 0 heterocycles. The van der Waals surface area contributed by atoms with E-state index in [9.17, 15) is 0 Å². The largest absolute Gasteiger partial charge is 0.397 e. The van der Waals surface area contributed by atoms with Crippen LogP contribution in [0, 0.1) is 6.92 Å². The number of benzene rings is 2. The zero-order chi connectivity index (χ0) is 13.0. The third-order valence-corrected chi connectivity index (χ3v) is 3.32. The van der Waals surface area contributed by atoms with E-state index in [-0.39, 0.29) is 0 Å². The summed E-state index contributed by atoms with van der Waals surface area (Å²) < 4.78 is 1.12. The summed E-state index contributed by atoms with van der Waals surface area (Å²) in [6.45, 7) is 2.92. The van der Waals surface area contributed by atoms with Crippen molar-refractivity contribution < 1.29 is 0 Å². The van der Waals surface area contributed by atoms with Crippen molar-refractivity contribution in [2.45, 2.75) is 13.3 Å². The lowest BCUT2D eigenvalue weighted by atomic mass is 10.1. The molecule has 18 heavy (non-hydrogen) atoms. The summed E-state index contributed by atoms with van der Waals surface area (Å²) in [7, 11) is 0. The summed E-state index contributed by atoms with van der Waals surface area (Å²) in [5.74, 6) is 0. The molecule has 0 saturated heterocycles. The maximum Gasteiger partial charge on any atom is 0.0574 e. The van der Waals surface area contributed by atoms with Crippen molar-refractivity contribution >= 4 is 27.3 Å². The molecule has 2 nitrogen and oxygen atoms in total. The minimum atomic E-state index is 0.809. The van der Waals surface area contributed by atoms with Gasteiger partial charge in [-0.05, 0) is 48.7 Å². The number of nitrogen functional groups attached to an aromatic ring is 1. The van der Waals surface area contributed by atoms with E-state index in [4.69, 9.17) is 5.73 Å². The molecular weight excluding hydrogens is 288 g/mol. The van der Waals surface area contributed by atoms with Gasteiger partial charge in [-0.3, -0.25) is 0 Å². The van der Waals surface area contributed by atoms with Gasteiger partial charge in [-0.15, -0.1) is 0 Å². The topological polar surface area (TPSA) is 38.0 Å². The van der Waals surface area contributed by atoms with Gasteiger partial charge in [0.2, 0.25) is 0 Å². The summed E-state index contributed by atoms with van der Waals surface area (Å²) >= 11 is 3.48. The van der Waals surface area contributed by atoms with Crippen molar-refractivity contribution in [1.29, 1.82) is 0 Å². The van der Waals surface area contributed by atoms with Crippen LogP contribution >= 0.6 is 15.9 Å². The number of hydrogen-bond acceptors (Lipinski definition) is 2. The number of rotatable bonds is 4. The Kier molecular flexibility index (Phi) is 4.26. The van der Waals surface area contributed by atoms with Crippen LogP contribution in [0.1, 0.15) is 11.1 Å². The minimum absolute atomic E-state index is 0.809. The zero-order valence-corrected chi connectivity index (χ0v) is 12.0. The molecule has 94 valence electrons. The lowest BCUT2D eigenvalue weighted by Gasteiger charge is -2.10. The molecule has 0 spiro atoms. The van der Waals surface area contributed by atoms with Crippen LogP contribution in [0.2, 0.25) is 0 Å². The third kappa shape index (κ3) is 3.50. The Hall–Kier alpha value is -1.48. The predicted molar refractivity (Wildman–Crippen MR) is 81.9 cm³/mol. The van der Waals surface area contributed by atoms with E-state index in [0.29, 0.717) is 0 Å². The van der Waals surface area contributed by atoms with Crippen molar-refractivity contribution in [1.82, 2.24) is 0 Å². The Balaban J connectivity index is 1.92. The van der Waals surface area contributed by atoms with Gasteiger partial charge in [-0.2, -0.15) is 0 Å². The van der Waals surface area contributed by atoms with Gasteiger partial charge in [0.05, 0.1) is 11.4 Å². The summed E-state index contributed by atoms with van der Waals surface area (Å²) in [6, 6.07) is 14.4. The zero-order valence-electron chi connectivity index (χ0n) is 10.4. The highest BCUT2D eigenvalue weighted by molar-refractivity contribution is 9.10. The number of hydrogen-bond donors (Lipinski definition) is 2. The van der Waals surface area contributed by atoms with Crippen LogP contribution in [0.25, 0.3) is 0 Å². The van der Waals surface area contributed by atoms with Crippen LogP contribution in [0.3, 0.4) is 0 Å². The second-order valence-electron chi connectivity index (χ2n) is 4.40. The first-order chi connectivity index (χ1) is 8.65. The van der Waals surface area contributed by atoms with Gasteiger partial charge in [0.1, 0.15) is 0 Å². The van der Waals surface area contributed by atoms with Crippen LogP contribution in [0.15, 0.2) is 46.9 Å². The Morgan fingerprint density at radius 2 is 2.00 bits per heavy atom. The van der Waals surface area contributed by atoms with Gasteiger partial charge < -0.3 is 11.1 Å². The van der Waals surface area contributed by atoms with Crippen molar-refractivity contribution in [3.63, 3.8) is 0 Å². The van der Waals surface area contributed by atoms with Crippen LogP contribution in [0.4, 0.5) is 11.4 Å². The fraction of sp³-hybridized carbons (Fsp3) is 0.200. The fourth-order valence-electron chi connectivity index (χ4n) is 1.88. The molecule has 0 saturated carbocycles. The summed E-state index contributed by atoms with van der Waals surface area (Å²) in [5.41, 5.74) is 10.3. The second-order valence-corrected chi connectivity index (χ2v) is 5.31. The van der Waals surface area contributed by atoms with Crippen molar-refractivity contribution in [3.8, 4) is 0 Å². The normalized spacial score (nSPS) is 10.3. The molecule has 0 aromatic heterocycles. The number of nitrogens with two attached hydrogens (primary N) is 1. The van der Waals surface area contributed by atoms with E-state index >= 15 is 0 Å². The summed E-state index contributed by atoms with van der Waals surface area (Å²) in [4.78, 5) is 0. The molecular formula is C15H17BrN2. The van der Waals surface area contributed by atoms with Gasteiger partial charge in [0.25, 0.3) is 0 Å². The second kappa shape index (κ2) is 5.91. The number of anilines is 2. The molecule has 0 amide bonds. The monoisotopic (exact) mass is 304 g/mol. The van der Waals surface area contributed by atoms with Crippen molar-refractivity contribution in [2.75, 3.05) is 17.6 Å². The maximum atomic E-state index is 5.95. The minimum Gasteiger partial charge on any atom is -0.397 e. The first-order valence-electron chi connectivity index (χ1n) is 5.99. The quantitative estimate of drug-likeness (QED) is 0.838. The molecule has 0 aliphatic heterocycles. The average Bonchev–Trinajstić information content (AvgIpc) is 2.32. The Morgan fingerprint density at radius 3 is 2.72 bits per heavy atom. The first kappa shape index (κ1) is 13.0. The molecule has 0 radical (unpaired) electrons. The molecule has 2 aromatic rings. The number of halogens is 1. The molecule has 0 fully saturated rings. The smallest absolute Gasteiger partial charge is 0.0574 e. The Labute approximate surface area is 116 Å². The van der Waals surface area contributed by atoms with E-state index in [2.05, 4.69) is 45.5 Å². The third-order valence-electron chi connectivity index (χ3n) is 2.83. The average molecular weight is 305 g/mol. The van der Waals surface area contributed by atoms with Gasteiger partial charge >= 0.3 is 0 Å². The number of nitrogens with one attached hydrogen (secondary N) is 1. The lowest BCUT2D eigenvalue weighted by Crippen LogP contribution is -2.06. The fourth-order valence-corrected chi connectivity index (χ4v) is 2.32. The van der Waals surface area contributed by atoms with Crippen LogP contribution in [-0.4, -0.2) is 6.54 Å². The Morgan fingerprint density at radius 1 is 1.17 bits per heavy atom. The van der Waals surface area contributed by atoms with Gasteiger partial charge in [0.15, 0.2) is 0 Å². The maximum absolute atomic E-state index is 5.95. The van der Waals surface area contributed by atoms with Crippen LogP contribution in [-0.2, 0) is 6.42 Å². The van der Waals surface area contributed by atoms with Gasteiger partial charge in [-0.1, -0.05) is 34.1 Å². The molecule has 0 bridgehead atoms. The number of aryl methyl sites for hydroxylation is 1. The molecule has 2 aromatic carbocycles. The van der Waals surface area contributed by atoms with Crippen molar-refractivity contribution in [2.24, 2.45) is 0 Å².